The average Bonchev–Trinajstić information content (AvgIpc) is 2.36. The van der Waals surface area contributed by atoms with Crippen molar-refractivity contribution in [2.45, 2.75) is 25.1 Å². The van der Waals surface area contributed by atoms with E-state index in [-0.39, 0.29) is 17.1 Å². The first-order chi connectivity index (χ1) is 9.67. The van der Waals surface area contributed by atoms with Gasteiger partial charge in [0, 0.05) is 0 Å². The molecule has 1 aromatic rings. The zero-order valence-electron chi connectivity index (χ0n) is 10.5. The highest BCUT2D eigenvalue weighted by atomic mass is 35.5. The lowest BCUT2D eigenvalue weighted by molar-refractivity contribution is -0.275. The predicted molar refractivity (Wildman–Crippen MR) is 61.2 cm³/mol. The third-order valence-electron chi connectivity index (χ3n) is 2.31. The zero-order chi connectivity index (χ0) is 16.2. The van der Waals surface area contributed by atoms with Crippen LogP contribution in [-0.2, 0) is 21.8 Å². The smallest absolute Gasteiger partial charge is 0.469 e. The molecule has 118 valence electrons. The van der Waals surface area contributed by atoms with E-state index in [0.29, 0.717) is 6.07 Å². The summed E-state index contributed by atoms with van der Waals surface area (Å²) < 4.78 is 70.0. The summed E-state index contributed by atoms with van der Waals surface area (Å²) in [7, 11) is 1.07. The molecule has 0 atom stereocenters. The van der Waals surface area contributed by atoms with Crippen LogP contribution in [-0.4, -0.2) is 24.4 Å². The summed E-state index contributed by atoms with van der Waals surface area (Å²) in [5.41, 5.74) is -1.43. The van der Waals surface area contributed by atoms with Gasteiger partial charge in [0.25, 0.3) is 6.43 Å². The number of aromatic nitrogens is 1. The number of methoxy groups -OCH3 is 1. The molecular weight excluding hydrogens is 325 g/mol. The number of alkyl halides is 6. The molecule has 0 amide bonds. The Morgan fingerprint density at radius 3 is 2.48 bits per heavy atom. The molecule has 0 spiro atoms. The number of hydrogen-bond acceptors (Lipinski definition) is 4. The molecule has 0 aliphatic carbocycles. The maximum absolute atomic E-state index is 12.7. The Hall–Kier alpha value is -1.64. The van der Waals surface area contributed by atoms with Crippen LogP contribution in [0.15, 0.2) is 6.07 Å². The Kier molecular flexibility index (Phi) is 5.70. The van der Waals surface area contributed by atoms with Gasteiger partial charge >= 0.3 is 12.3 Å². The Morgan fingerprint density at radius 1 is 1.43 bits per heavy atom. The van der Waals surface area contributed by atoms with Crippen molar-refractivity contribution in [1.29, 1.82) is 0 Å². The van der Waals surface area contributed by atoms with Gasteiger partial charge in [-0.2, -0.15) is 0 Å². The molecule has 10 heteroatoms. The van der Waals surface area contributed by atoms with E-state index in [1.54, 1.807) is 0 Å². The summed E-state index contributed by atoms with van der Waals surface area (Å²) in [6, 6.07) is 0.663. The molecule has 0 unspecified atom stereocenters. The molecule has 0 aliphatic heterocycles. The van der Waals surface area contributed by atoms with Crippen LogP contribution in [0.2, 0.25) is 0 Å². The molecule has 1 heterocycles. The van der Waals surface area contributed by atoms with Crippen LogP contribution < -0.4 is 4.74 Å². The molecule has 0 N–H and O–H groups in total. The van der Waals surface area contributed by atoms with Crippen molar-refractivity contribution in [3.63, 3.8) is 0 Å². The third kappa shape index (κ3) is 5.00. The van der Waals surface area contributed by atoms with Gasteiger partial charge in [0.05, 0.1) is 25.1 Å². The fourth-order valence-corrected chi connectivity index (χ4v) is 1.68. The summed E-state index contributed by atoms with van der Waals surface area (Å²) in [6.07, 6.45) is -8.93. The van der Waals surface area contributed by atoms with Crippen LogP contribution in [0.4, 0.5) is 22.0 Å². The number of hydrogen-bond donors (Lipinski definition) is 0. The van der Waals surface area contributed by atoms with E-state index in [1.165, 1.54) is 0 Å². The normalized spacial score (nSPS) is 11.6. The quantitative estimate of drug-likeness (QED) is 0.471. The SMILES string of the molecule is COC(=O)Cc1cc(OC(F)(F)F)c(C(F)F)nc1CCl. The van der Waals surface area contributed by atoms with Gasteiger partial charge in [-0.3, -0.25) is 4.79 Å². The van der Waals surface area contributed by atoms with Gasteiger partial charge in [-0.15, -0.1) is 24.8 Å². The van der Waals surface area contributed by atoms with Gasteiger partial charge in [-0.1, -0.05) is 0 Å². The van der Waals surface area contributed by atoms with Gasteiger partial charge in [0.2, 0.25) is 0 Å². The first-order valence-electron chi connectivity index (χ1n) is 5.37. The van der Waals surface area contributed by atoms with Crippen LogP contribution in [0.5, 0.6) is 5.75 Å². The molecular formula is C11H9ClF5NO3. The van der Waals surface area contributed by atoms with Crippen molar-refractivity contribution in [3.8, 4) is 5.75 Å². The van der Waals surface area contributed by atoms with Crippen molar-refractivity contribution in [2.75, 3.05) is 7.11 Å². The Bertz CT molecular complexity index is 521. The van der Waals surface area contributed by atoms with Gasteiger partial charge in [0.1, 0.15) is 5.69 Å². The summed E-state index contributed by atoms with van der Waals surface area (Å²) >= 11 is 5.50. The number of carbonyl (C=O) groups is 1. The number of ether oxygens (including phenoxy) is 2. The van der Waals surface area contributed by atoms with Crippen molar-refractivity contribution >= 4 is 17.6 Å². The summed E-state index contributed by atoms with van der Waals surface area (Å²) in [6.45, 7) is 0. The number of rotatable bonds is 5. The van der Waals surface area contributed by atoms with E-state index in [0.717, 1.165) is 7.11 Å². The number of halogens is 6. The number of esters is 1. The fourth-order valence-electron chi connectivity index (χ4n) is 1.45. The molecule has 1 rings (SSSR count). The monoisotopic (exact) mass is 333 g/mol. The topological polar surface area (TPSA) is 48.4 Å². The molecule has 0 aromatic carbocycles. The molecule has 0 saturated carbocycles. The molecule has 0 saturated heterocycles. The van der Waals surface area contributed by atoms with Crippen LogP contribution in [0.3, 0.4) is 0 Å². The molecule has 0 fully saturated rings. The Morgan fingerprint density at radius 2 is 2.05 bits per heavy atom. The van der Waals surface area contributed by atoms with E-state index >= 15 is 0 Å². The maximum Gasteiger partial charge on any atom is 0.573 e. The molecule has 0 aliphatic rings. The second-order valence-corrected chi connectivity index (χ2v) is 3.98. The molecule has 1 aromatic heterocycles. The highest BCUT2D eigenvalue weighted by Gasteiger charge is 2.34. The zero-order valence-corrected chi connectivity index (χ0v) is 11.3. The van der Waals surface area contributed by atoms with Crippen LogP contribution in [0.1, 0.15) is 23.4 Å². The second-order valence-electron chi connectivity index (χ2n) is 3.71. The lowest BCUT2D eigenvalue weighted by Crippen LogP contribution is -2.20. The third-order valence-corrected chi connectivity index (χ3v) is 2.56. The van der Waals surface area contributed by atoms with Crippen molar-refractivity contribution < 1.29 is 36.2 Å². The minimum absolute atomic E-state index is 0.0829. The highest BCUT2D eigenvalue weighted by Crippen LogP contribution is 2.33. The highest BCUT2D eigenvalue weighted by molar-refractivity contribution is 6.17. The van der Waals surface area contributed by atoms with Crippen molar-refractivity contribution in [2.24, 2.45) is 0 Å². The minimum atomic E-state index is -5.17. The molecule has 0 radical (unpaired) electrons. The van der Waals surface area contributed by atoms with Crippen LogP contribution >= 0.6 is 11.6 Å². The van der Waals surface area contributed by atoms with E-state index < -0.39 is 36.6 Å². The molecule has 4 nitrogen and oxygen atoms in total. The molecule has 0 bridgehead atoms. The largest absolute Gasteiger partial charge is 0.573 e. The first kappa shape index (κ1) is 17.4. The van der Waals surface area contributed by atoms with Crippen molar-refractivity contribution in [1.82, 2.24) is 4.98 Å². The lowest BCUT2D eigenvalue weighted by Gasteiger charge is -2.15. The lowest BCUT2D eigenvalue weighted by atomic mass is 10.1. The first-order valence-corrected chi connectivity index (χ1v) is 5.90. The Labute approximate surface area is 120 Å². The van der Waals surface area contributed by atoms with Gasteiger partial charge < -0.3 is 9.47 Å². The molecule has 21 heavy (non-hydrogen) atoms. The summed E-state index contributed by atoms with van der Waals surface area (Å²) in [4.78, 5) is 14.5. The standard InChI is InChI=1S/C11H9ClF5NO3/c1-20-8(19)3-5-2-7(21-11(15,16)17)9(10(13)14)18-6(5)4-12/h2,10H,3-4H2,1H3. The Balaban J connectivity index is 3.31. The van der Waals surface area contributed by atoms with E-state index in [2.05, 4.69) is 14.5 Å². The minimum Gasteiger partial charge on any atom is -0.469 e. The average molecular weight is 334 g/mol. The number of pyridine rings is 1. The van der Waals surface area contributed by atoms with Gasteiger partial charge in [0.15, 0.2) is 5.75 Å². The van der Waals surface area contributed by atoms with E-state index in [1.807, 2.05) is 0 Å². The summed E-state index contributed by atoms with van der Waals surface area (Å²) in [5, 5.41) is 0. The second kappa shape index (κ2) is 6.88. The van der Waals surface area contributed by atoms with Gasteiger partial charge in [-0.05, 0) is 11.6 Å². The van der Waals surface area contributed by atoms with Crippen LogP contribution in [0, 0.1) is 0 Å². The van der Waals surface area contributed by atoms with E-state index in [9.17, 15) is 26.7 Å². The predicted octanol–water partition coefficient (Wildman–Crippen LogP) is 3.37. The maximum atomic E-state index is 12.7. The van der Waals surface area contributed by atoms with Crippen molar-refractivity contribution in [3.05, 3.63) is 23.0 Å². The number of carbonyl (C=O) groups excluding carboxylic acids is 1. The van der Waals surface area contributed by atoms with Gasteiger partial charge in [-0.25, -0.2) is 13.8 Å². The van der Waals surface area contributed by atoms with E-state index in [4.69, 9.17) is 11.6 Å². The van der Waals surface area contributed by atoms with Crippen LogP contribution in [0.25, 0.3) is 0 Å². The fraction of sp³-hybridized carbons (Fsp3) is 0.455. The number of nitrogens with zero attached hydrogens (tertiary/aromatic N) is 1. The summed E-state index contributed by atoms with van der Waals surface area (Å²) in [5.74, 6) is -2.32.